The molecule has 28 heavy (non-hydrogen) atoms. The number of rotatable bonds is 6. The van der Waals surface area contributed by atoms with Crippen molar-refractivity contribution < 1.29 is 9.63 Å². The molecule has 1 N–H and O–H groups in total. The van der Waals surface area contributed by atoms with Gasteiger partial charge in [0, 0.05) is 30.1 Å². The van der Waals surface area contributed by atoms with E-state index in [9.17, 15) is 4.79 Å². The fraction of sp³-hybridized carbons (Fsp3) is 0.300. The van der Waals surface area contributed by atoms with Crippen LogP contribution in [-0.4, -0.2) is 35.8 Å². The van der Waals surface area contributed by atoms with Crippen LogP contribution in [-0.2, 0) is 11.4 Å². The highest BCUT2D eigenvalue weighted by Crippen LogP contribution is 2.26. The van der Waals surface area contributed by atoms with Crippen molar-refractivity contribution in [3.8, 4) is 0 Å². The molecule has 3 rings (SSSR count). The summed E-state index contributed by atoms with van der Waals surface area (Å²) < 4.78 is 0. The summed E-state index contributed by atoms with van der Waals surface area (Å²) in [6.07, 6.45) is 0.311. The summed E-state index contributed by atoms with van der Waals surface area (Å²) in [6.45, 7) is 3.18. The number of nitrogens with one attached hydrogen (secondary N) is 1. The van der Waals surface area contributed by atoms with Crippen LogP contribution in [0.3, 0.4) is 0 Å². The average molecular weight is 441 g/mol. The predicted molar refractivity (Wildman–Crippen MR) is 113 cm³/mol. The summed E-state index contributed by atoms with van der Waals surface area (Å²) in [5.41, 5.74) is 2.50. The summed E-state index contributed by atoms with van der Waals surface area (Å²) >= 11 is 18.3. The lowest BCUT2D eigenvalue weighted by atomic mass is 10.0. The standard InChI is InChI=1S/C20H20Cl3N3O2/c1-2-24-20(27)26(11-14-5-3-4-6-16(14)21)12-15-10-19(25-28-15)13-7-8-17(22)18(23)9-13/h3-9,15H,2,10-12H2,1H3,(H,24,27)/t15-/m1/s1. The van der Waals surface area contributed by atoms with Gasteiger partial charge in [0.1, 0.15) is 0 Å². The molecule has 2 amide bonds. The van der Waals surface area contributed by atoms with Crippen LogP contribution in [0.2, 0.25) is 15.1 Å². The van der Waals surface area contributed by atoms with E-state index >= 15 is 0 Å². The van der Waals surface area contributed by atoms with Crippen LogP contribution < -0.4 is 5.32 Å². The monoisotopic (exact) mass is 439 g/mol. The molecular weight excluding hydrogens is 421 g/mol. The first-order valence-corrected chi connectivity index (χ1v) is 10.1. The van der Waals surface area contributed by atoms with Crippen molar-refractivity contribution in [1.82, 2.24) is 10.2 Å². The zero-order chi connectivity index (χ0) is 20.1. The van der Waals surface area contributed by atoms with E-state index in [4.69, 9.17) is 39.6 Å². The number of oxime groups is 1. The molecular formula is C20H20Cl3N3O2. The van der Waals surface area contributed by atoms with Crippen molar-refractivity contribution in [2.45, 2.75) is 26.0 Å². The van der Waals surface area contributed by atoms with E-state index < -0.39 is 0 Å². The smallest absolute Gasteiger partial charge is 0.317 e. The third-order valence-electron chi connectivity index (χ3n) is 4.34. The highest BCUT2D eigenvalue weighted by atomic mass is 35.5. The van der Waals surface area contributed by atoms with Crippen LogP contribution in [0.25, 0.3) is 0 Å². The summed E-state index contributed by atoms with van der Waals surface area (Å²) in [5, 5.41) is 8.58. The molecule has 1 heterocycles. The van der Waals surface area contributed by atoms with E-state index in [0.717, 1.165) is 16.8 Å². The highest BCUT2D eigenvalue weighted by Gasteiger charge is 2.27. The quantitative estimate of drug-likeness (QED) is 0.656. The lowest BCUT2D eigenvalue weighted by molar-refractivity contribution is 0.0590. The van der Waals surface area contributed by atoms with Gasteiger partial charge in [-0.2, -0.15) is 0 Å². The van der Waals surface area contributed by atoms with E-state index in [2.05, 4.69) is 10.5 Å². The fourth-order valence-corrected chi connectivity index (χ4v) is 3.43. The Kier molecular flexibility index (Phi) is 7.05. The van der Waals surface area contributed by atoms with Crippen molar-refractivity contribution in [3.05, 3.63) is 68.7 Å². The number of carbonyl (C=O) groups excluding carboxylic acids is 1. The number of benzene rings is 2. The van der Waals surface area contributed by atoms with Gasteiger partial charge in [-0.25, -0.2) is 4.79 Å². The minimum atomic E-state index is -0.255. The number of halogens is 3. The number of carbonyl (C=O) groups is 1. The number of amides is 2. The zero-order valence-corrected chi connectivity index (χ0v) is 17.6. The Morgan fingerprint density at radius 2 is 1.96 bits per heavy atom. The van der Waals surface area contributed by atoms with E-state index in [1.807, 2.05) is 37.3 Å². The maximum atomic E-state index is 12.5. The molecule has 0 saturated carbocycles. The lowest BCUT2D eigenvalue weighted by Crippen LogP contribution is -2.43. The number of nitrogens with zero attached hydrogens (tertiary/aromatic N) is 2. The normalized spacial score (nSPS) is 15.7. The molecule has 0 spiro atoms. The van der Waals surface area contributed by atoms with Gasteiger partial charge in [0.2, 0.25) is 0 Å². The van der Waals surface area contributed by atoms with Crippen molar-refractivity contribution in [1.29, 1.82) is 0 Å². The molecule has 0 aromatic heterocycles. The van der Waals surface area contributed by atoms with Crippen molar-refractivity contribution in [3.63, 3.8) is 0 Å². The summed E-state index contributed by atoms with van der Waals surface area (Å²) in [4.78, 5) is 19.8. The molecule has 148 valence electrons. The number of hydrogen-bond acceptors (Lipinski definition) is 3. The van der Waals surface area contributed by atoms with Gasteiger partial charge < -0.3 is 15.1 Å². The Balaban J connectivity index is 1.69. The van der Waals surface area contributed by atoms with E-state index in [1.165, 1.54) is 0 Å². The third-order valence-corrected chi connectivity index (χ3v) is 5.45. The molecule has 8 heteroatoms. The van der Waals surface area contributed by atoms with Crippen molar-refractivity contribution >= 4 is 46.5 Å². The minimum Gasteiger partial charge on any atom is -0.390 e. The second kappa shape index (κ2) is 9.50. The number of urea groups is 1. The van der Waals surface area contributed by atoms with Gasteiger partial charge in [-0.05, 0) is 30.7 Å². The summed E-state index contributed by atoms with van der Waals surface area (Å²) in [5.74, 6) is 0. The SMILES string of the molecule is CCNC(=O)N(Cc1ccccc1Cl)C[C@H]1CC(c2ccc(Cl)c(Cl)c2)=NO1. The van der Waals surface area contributed by atoms with E-state index in [-0.39, 0.29) is 12.1 Å². The maximum absolute atomic E-state index is 12.5. The van der Waals surface area contributed by atoms with Crippen LogP contribution in [0.1, 0.15) is 24.5 Å². The first-order chi connectivity index (χ1) is 13.5. The molecule has 0 aliphatic carbocycles. The van der Waals surface area contributed by atoms with Crippen LogP contribution in [0.5, 0.6) is 0 Å². The number of hydrogen-bond donors (Lipinski definition) is 1. The molecule has 5 nitrogen and oxygen atoms in total. The Hall–Kier alpha value is -1.95. The van der Waals surface area contributed by atoms with Crippen LogP contribution in [0.4, 0.5) is 4.79 Å². The first kappa shape index (κ1) is 20.8. The van der Waals surface area contributed by atoms with Gasteiger partial charge in [-0.1, -0.05) is 64.2 Å². The van der Waals surface area contributed by atoms with Crippen molar-refractivity contribution in [2.24, 2.45) is 5.16 Å². The van der Waals surface area contributed by atoms with Crippen LogP contribution >= 0.6 is 34.8 Å². The zero-order valence-electron chi connectivity index (χ0n) is 15.3. The van der Waals surface area contributed by atoms with E-state index in [0.29, 0.717) is 41.1 Å². The lowest BCUT2D eigenvalue weighted by Gasteiger charge is -2.25. The van der Waals surface area contributed by atoms with Gasteiger partial charge in [0.25, 0.3) is 0 Å². The van der Waals surface area contributed by atoms with Gasteiger partial charge in [-0.15, -0.1) is 0 Å². The fourth-order valence-electron chi connectivity index (χ4n) is 2.93. The van der Waals surface area contributed by atoms with Crippen LogP contribution in [0.15, 0.2) is 47.6 Å². The molecule has 0 bridgehead atoms. The Morgan fingerprint density at radius 3 is 2.68 bits per heavy atom. The molecule has 0 saturated heterocycles. The summed E-state index contributed by atoms with van der Waals surface area (Å²) in [7, 11) is 0. The van der Waals surface area contributed by atoms with Gasteiger partial charge in [-0.3, -0.25) is 0 Å². The Labute approximate surface area is 179 Å². The largest absolute Gasteiger partial charge is 0.390 e. The first-order valence-electron chi connectivity index (χ1n) is 8.92. The summed E-state index contributed by atoms with van der Waals surface area (Å²) in [6, 6.07) is 12.6. The molecule has 1 aliphatic rings. The Bertz CT molecular complexity index is 889. The minimum absolute atomic E-state index is 0.172. The maximum Gasteiger partial charge on any atom is 0.317 e. The average Bonchev–Trinajstić information content (AvgIpc) is 3.14. The van der Waals surface area contributed by atoms with Crippen LogP contribution in [0, 0.1) is 0 Å². The molecule has 1 aliphatic heterocycles. The third kappa shape index (κ3) is 5.10. The molecule has 2 aromatic carbocycles. The highest BCUT2D eigenvalue weighted by molar-refractivity contribution is 6.42. The second-order valence-corrected chi connectivity index (χ2v) is 7.63. The second-order valence-electron chi connectivity index (χ2n) is 6.41. The topological polar surface area (TPSA) is 53.9 Å². The molecule has 0 unspecified atom stereocenters. The van der Waals surface area contributed by atoms with Gasteiger partial charge in [0.15, 0.2) is 6.10 Å². The molecule has 1 atom stereocenters. The van der Waals surface area contributed by atoms with Crippen molar-refractivity contribution in [2.75, 3.05) is 13.1 Å². The Morgan fingerprint density at radius 1 is 1.18 bits per heavy atom. The molecule has 0 fully saturated rings. The molecule has 0 radical (unpaired) electrons. The van der Waals surface area contributed by atoms with E-state index in [1.54, 1.807) is 17.0 Å². The van der Waals surface area contributed by atoms with Gasteiger partial charge in [0.05, 0.1) is 22.3 Å². The van der Waals surface area contributed by atoms with Gasteiger partial charge >= 0.3 is 6.03 Å². The predicted octanol–water partition coefficient (Wildman–Crippen LogP) is 5.37. The molecule has 2 aromatic rings.